The van der Waals surface area contributed by atoms with Crippen LogP contribution in [0.4, 0.5) is 11.5 Å². The lowest BCUT2D eigenvalue weighted by molar-refractivity contribution is 0.102. The van der Waals surface area contributed by atoms with Gasteiger partial charge in [-0.3, -0.25) is 4.79 Å². The zero-order chi connectivity index (χ0) is 19.2. The van der Waals surface area contributed by atoms with Crippen molar-refractivity contribution in [3.8, 4) is 5.75 Å². The summed E-state index contributed by atoms with van der Waals surface area (Å²) in [6.45, 7) is 4.58. The van der Waals surface area contributed by atoms with Crippen molar-refractivity contribution in [2.75, 3.05) is 17.7 Å². The molecule has 1 amide bonds. The van der Waals surface area contributed by atoms with E-state index in [0.29, 0.717) is 12.4 Å². The molecule has 0 aliphatic heterocycles. The molecule has 0 fully saturated rings. The molecule has 0 unspecified atom stereocenters. The van der Waals surface area contributed by atoms with Crippen molar-refractivity contribution in [1.29, 1.82) is 0 Å². The number of ether oxygens (including phenoxy) is 1. The van der Waals surface area contributed by atoms with Crippen LogP contribution in [-0.2, 0) is 6.54 Å². The third kappa shape index (κ3) is 4.82. The number of aromatic nitrogens is 2. The van der Waals surface area contributed by atoms with Gasteiger partial charge in [-0.1, -0.05) is 29.8 Å². The molecular formula is C21H22N4O2. The summed E-state index contributed by atoms with van der Waals surface area (Å²) < 4.78 is 5.14. The van der Waals surface area contributed by atoms with Gasteiger partial charge in [0.25, 0.3) is 5.91 Å². The van der Waals surface area contributed by atoms with Crippen molar-refractivity contribution in [2.45, 2.75) is 20.4 Å². The predicted octanol–water partition coefficient (Wildman–Crippen LogP) is 3.97. The molecular weight excluding hydrogens is 340 g/mol. The van der Waals surface area contributed by atoms with Gasteiger partial charge in [0.15, 0.2) is 5.69 Å². The first-order valence-corrected chi connectivity index (χ1v) is 8.64. The second kappa shape index (κ2) is 8.31. The van der Waals surface area contributed by atoms with Crippen LogP contribution in [0.3, 0.4) is 0 Å². The lowest BCUT2D eigenvalue weighted by Gasteiger charge is -2.09. The Balaban J connectivity index is 1.59. The monoisotopic (exact) mass is 362 g/mol. The second-order valence-corrected chi connectivity index (χ2v) is 6.28. The Hall–Kier alpha value is -3.41. The van der Waals surface area contributed by atoms with Crippen molar-refractivity contribution >= 4 is 17.4 Å². The first-order chi connectivity index (χ1) is 13.0. The molecule has 6 heteroatoms. The molecule has 0 saturated heterocycles. The molecule has 0 spiro atoms. The molecule has 2 N–H and O–H groups in total. The summed E-state index contributed by atoms with van der Waals surface area (Å²) in [7, 11) is 1.64. The van der Waals surface area contributed by atoms with Crippen molar-refractivity contribution < 1.29 is 9.53 Å². The fourth-order valence-electron chi connectivity index (χ4n) is 2.62. The topological polar surface area (TPSA) is 76.1 Å². The van der Waals surface area contributed by atoms with Gasteiger partial charge in [0.05, 0.1) is 7.11 Å². The summed E-state index contributed by atoms with van der Waals surface area (Å²) in [5.74, 6) is 1.14. The summed E-state index contributed by atoms with van der Waals surface area (Å²) in [5, 5.41) is 14.1. The molecule has 1 heterocycles. The van der Waals surface area contributed by atoms with Crippen LogP contribution in [-0.4, -0.2) is 23.2 Å². The number of benzene rings is 2. The highest BCUT2D eigenvalue weighted by molar-refractivity contribution is 6.03. The molecule has 1 aromatic heterocycles. The number of carbonyl (C=O) groups excluding carboxylic acids is 1. The van der Waals surface area contributed by atoms with Crippen molar-refractivity contribution in [2.24, 2.45) is 0 Å². The van der Waals surface area contributed by atoms with Crippen LogP contribution in [0.25, 0.3) is 0 Å². The Bertz CT molecular complexity index is 922. The Kier molecular flexibility index (Phi) is 5.66. The summed E-state index contributed by atoms with van der Waals surface area (Å²) in [4.78, 5) is 12.4. The van der Waals surface area contributed by atoms with Gasteiger partial charge in [-0.2, -0.15) is 0 Å². The van der Waals surface area contributed by atoms with E-state index in [2.05, 4.69) is 20.8 Å². The number of hydrogen-bond donors (Lipinski definition) is 2. The van der Waals surface area contributed by atoms with Gasteiger partial charge < -0.3 is 15.4 Å². The second-order valence-electron chi connectivity index (χ2n) is 6.28. The van der Waals surface area contributed by atoms with Gasteiger partial charge in [0.2, 0.25) is 0 Å². The molecule has 0 aliphatic carbocycles. The number of amides is 1. The maximum Gasteiger partial charge on any atom is 0.276 e. The van der Waals surface area contributed by atoms with Crippen molar-refractivity contribution in [1.82, 2.24) is 10.2 Å². The molecule has 0 atom stereocenters. The van der Waals surface area contributed by atoms with Crippen LogP contribution in [0.2, 0.25) is 0 Å². The number of methoxy groups -OCH3 is 1. The third-order valence-electron chi connectivity index (χ3n) is 4.16. The van der Waals surface area contributed by atoms with Gasteiger partial charge in [0.1, 0.15) is 11.6 Å². The summed E-state index contributed by atoms with van der Waals surface area (Å²) in [5.41, 5.74) is 4.29. The lowest BCUT2D eigenvalue weighted by atomic mass is 10.1. The number of carbonyl (C=O) groups is 1. The SMILES string of the molecule is COc1ccc(CNc2ccc(C(=O)Nc3ccc(C)cc3C)nn2)cc1. The van der Waals surface area contributed by atoms with E-state index in [1.165, 1.54) is 0 Å². The van der Waals surface area contributed by atoms with E-state index in [9.17, 15) is 4.79 Å². The number of hydrogen-bond acceptors (Lipinski definition) is 5. The molecule has 3 aromatic rings. The van der Waals surface area contributed by atoms with Gasteiger partial charge in [-0.25, -0.2) is 0 Å². The maximum absolute atomic E-state index is 12.4. The number of nitrogens with zero attached hydrogens (tertiary/aromatic N) is 2. The molecule has 138 valence electrons. The van der Waals surface area contributed by atoms with Crippen LogP contribution in [0.15, 0.2) is 54.6 Å². The van der Waals surface area contributed by atoms with E-state index in [1.54, 1.807) is 19.2 Å². The normalized spacial score (nSPS) is 10.3. The third-order valence-corrected chi connectivity index (χ3v) is 4.16. The van der Waals surface area contributed by atoms with E-state index in [-0.39, 0.29) is 11.6 Å². The largest absolute Gasteiger partial charge is 0.497 e. The fourth-order valence-corrected chi connectivity index (χ4v) is 2.62. The number of rotatable bonds is 6. The minimum absolute atomic E-state index is 0.268. The summed E-state index contributed by atoms with van der Waals surface area (Å²) in [6.07, 6.45) is 0. The van der Waals surface area contributed by atoms with Crippen LogP contribution < -0.4 is 15.4 Å². The zero-order valence-corrected chi connectivity index (χ0v) is 15.6. The van der Waals surface area contributed by atoms with Crippen LogP contribution >= 0.6 is 0 Å². The van der Waals surface area contributed by atoms with E-state index in [0.717, 1.165) is 28.1 Å². The van der Waals surface area contributed by atoms with Gasteiger partial charge in [-0.05, 0) is 55.3 Å². The molecule has 0 bridgehead atoms. The average Bonchev–Trinajstić information content (AvgIpc) is 2.69. The molecule has 0 aliphatic rings. The van der Waals surface area contributed by atoms with E-state index < -0.39 is 0 Å². The molecule has 2 aromatic carbocycles. The number of aryl methyl sites for hydroxylation is 2. The van der Waals surface area contributed by atoms with Crippen LogP contribution in [0.1, 0.15) is 27.2 Å². The van der Waals surface area contributed by atoms with Gasteiger partial charge in [-0.15, -0.1) is 10.2 Å². The molecule has 0 radical (unpaired) electrons. The standard InChI is InChI=1S/C21H22N4O2/c1-14-4-9-18(15(2)12-14)23-21(26)19-10-11-20(25-24-19)22-13-16-5-7-17(27-3)8-6-16/h4-12H,13H2,1-3H3,(H,22,25)(H,23,26). The van der Waals surface area contributed by atoms with E-state index >= 15 is 0 Å². The van der Waals surface area contributed by atoms with Crippen molar-refractivity contribution in [3.63, 3.8) is 0 Å². The zero-order valence-electron chi connectivity index (χ0n) is 15.6. The Morgan fingerprint density at radius 3 is 2.41 bits per heavy atom. The highest BCUT2D eigenvalue weighted by Gasteiger charge is 2.10. The molecule has 27 heavy (non-hydrogen) atoms. The smallest absolute Gasteiger partial charge is 0.276 e. The summed E-state index contributed by atoms with van der Waals surface area (Å²) in [6, 6.07) is 17.0. The Labute approximate surface area is 158 Å². The number of nitrogens with one attached hydrogen (secondary N) is 2. The van der Waals surface area contributed by atoms with E-state index in [4.69, 9.17) is 4.74 Å². The highest BCUT2D eigenvalue weighted by Crippen LogP contribution is 2.17. The first-order valence-electron chi connectivity index (χ1n) is 8.64. The fraction of sp³-hybridized carbons (Fsp3) is 0.190. The Morgan fingerprint density at radius 1 is 1.00 bits per heavy atom. The predicted molar refractivity (Wildman–Crippen MR) is 106 cm³/mol. The first kappa shape index (κ1) is 18.4. The van der Waals surface area contributed by atoms with E-state index in [1.807, 2.05) is 56.3 Å². The summed E-state index contributed by atoms with van der Waals surface area (Å²) >= 11 is 0. The molecule has 6 nitrogen and oxygen atoms in total. The quantitative estimate of drug-likeness (QED) is 0.694. The average molecular weight is 362 g/mol. The lowest BCUT2D eigenvalue weighted by Crippen LogP contribution is -2.15. The number of anilines is 2. The van der Waals surface area contributed by atoms with Crippen LogP contribution in [0, 0.1) is 13.8 Å². The van der Waals surface area contributed by atoms with Crippen LogP contribution in [0.5, 0.6) is 5.75 Å². The van der Waals surface area contributed by atoms with Crippen molar-refractivity contribution in [3.05, 3.63) is 77.0 Å². The Morgan fingerprint density at radius 2 is 1.78 bits per heavy atom. The molecule has 3 rings (SSSR count). The van der Waals surface area contributed by atoms with Gasteiger partial charge >= 0.3 is 0 Å². The van der Waals surface area contributed by atoms with Gasteiger partial charge in [0, 0.05) is 12.2 Å². The minimum Gasteiger partial charge on any atom is -0.497 e. The minimum atomic E-state index is -0.281. The highest BCUT2D eigenvalue weighted by atomic mass is 16.5. The maximum atomic E-state index is 12.4. The molecule has 0 saturated carbocycles.